The van der Waals surface area contributed by atoms with Crippen LogP contribution in [-0.4, -0.2) is 73.9 Å². The highest BCUT2D eigenvalue weighted by Gasteiger charge is 2.45. The third-order valence-electron chi connectivity index (χ3n) is 5.67. The second-order valence-electron chi connectivity index (χ2n) is 8.07. The summed E-state index contributed by atoms with van der Waals surface area (Å²) in [5.74, 6) is 2.28. The van der Waals surface area contributed by atoms with Crippen LogP contribution in [0.4, 0.5) is 0 Å². The predicted molar refractivity (Wildman–Crippen MR) is 133 cm³/mol. The maximum atomic E-state index is 13.2. The van der Waals surface area contributed by atoms with Crippen LogP contribution in [0, 0.1) is 0 Å². The lowest BCUT2D eigenvalue weighted by atomic mass is 10.2. The highest BCUT2D eigenvalue weighted by Crippen LogP contribution is 2.58. The summed E-state index contributed by atoms with van der Waals surface area (Å²) in [5.41, 5.74) is -0.905. The maximum absolute atomic E-state index is 13.2. The first-order chi connectivity index (χ1) is 15.8. The van der Waals surface area contributed by atoms with Gasteiger partial charge in [0.25, 0.3) is 5.56 Å². The van der Waals surface area contributed by atoms with Crippen molar-refractivity contribution in [2.75, 3.05) is 31.7 Å². The summed E-state index contributed by atoms with van der Waals surface area (Å²) in [4.78, 5) is 27.9. The number of aromatic amines is 1. The lowest BCUT2D eigenvalue weighted by Gasteiger charge is -2.23. The number of thioether (sulfide) groups is 2. The van der Waals surface area contributed by atoms with E-state index in [4.69, 9.17) is 13.8 Å². The van der Waals surface area contributed by atoms with E-state index in [1.807, 2.05) is 23.5 Å². The van der Waals surface area contributed by atoms with Gasteiger partial charge in [0.2, 0.25) is 0 Å². The van der Waals surface area contributed by atoms with Crippen LogP contribution >= 0.6 is 47.2 Å². The molecule has 2 N–H and O–H groups in total. The minimum Gasteiger partial charge on any atom is -0.390 e. The van der Waals surface area contributed by atoms with E-state index >= 15 is 0 Å². The molecule has 1 aromatic rings. The predicted octanol–water partition coefficient (Wildman–Crippen LogP) is 2.59. The quantitative estimate of drug-likeness (QED) is 0.463. The van der Waals surface area contributed by atoms with Crippen molar-refractivity contribution in [1.29, 1.82) is 0 Å². The fourth-order valence-corrected chi connectivity index (χ4v) is 8.88. The van der Waals surface area contributed by atoms with Crippen molar-refractivity contribution in [3.8, 4) is 0 Å². The number of likely N-dealkylation sites (N-methyl/N-ethyl adjacent to an activating group) is 1. The van der Waals surface area contributed by atoms with Gasteiger partial charge < -0.3 is 9.84 Å². The lowest BCUT2D eigenvalue weighted by molar-refractivity contribution is -0.0442. The number of aliphatic hydroxyl groups excluding tert-OH is 1. The van der Waals surface area contributed by atoms with Gasteiger partial charge in [-0.25, -0.2) is 14.0 Å². The molecule has 0 spiro atoms. The molecule has 14 heteroatoms. The number of aliphatic hydroxyl groups is 1. The van der Waals surface area contributed by atoms with E-state index in [9.17, 15) is 19.3 Å². The summed E-state index contributed by atoms with van der Waals surface area (Å²) in [6.07, 6.45) is 2.31. The number of nitrogens with zero attached hydrogens (tertiary/aromatic N) is 2. The summed E-state index contributed by atoms with van der Waals surface area (Å²) in [5, 5.41) is 10.5. The largest absolute Gasteiger partial charge is 0.408 e. The van der Waals surface area contributed by atoms with Crippen LogP contribution < -0.4 is 11.2 Å². The molecule has 184 valence electrons. The molecule has 3 aliphatic rings. The van der Waals surface area contributed by atoms with Gasteiger partial charge in [-0.3, -0.25) is 23.4 Å². The average Bonchev–Trinajstić information content (AvgIpc) is 3.28. The van der Waals surface area contributed by atoms with Crippen molar-refractivity contribution in [2.24, 2.45) is 0 Å². The van der Waals surface area contributed by atoms with Crippen LogP contribution in [0.2, 0.25) is 0 Å². The Kier molecular flexibility index (Phi) is 8.67. The van der Waals surface area contributed by atoms with Crippen molar-refractivity contribution in [3.63, 3.8) is 0 Å². The number of nitrogens with one attached hydrogen (secondary N) is 1. The standard InChI is InChI=1S/C19H27BrN3O7PS2/c1-22-10-13(7-17-32-5-2-6-33-17)30-31(22,27)28-11-15-14(24)8-16(29-15)23-9-12(3-4-20)18(25)21-19(23)26/h3-4,9,13-17,24H,2,5-8,10-11H2,1H3,(H,21,25,26)/b4-3+. The Bertz CT molecular complexity index is 1030. The number of ether oxygens (including phenoxy) is 1. The number of halogens is 1. The van der Waals surface area contributed by atoms with E-state index in [0.29, 0.717) is 11.1 Å². The van der Waals surface area contributed by atoms with Gasteiger partial charge in [0, 0.05) is 19.2 Å². The number of hydrogen-bond acceptors (Lipinski definition) is 9. The van der Waals surface area contributed by atoms with Gasteiger partial charge in [0.15, 0.2) is 0 Å². The van der Waals surface area contributed by atoms with Crippen molar-refractivity contribution >= 4 is 53.3 Å². The highest BCUT2D eigenvalue weighted by atomic mass is 79.9. The van der Waals surface area contributed by atoms with Crippen molar-refractivity contribution in [2.45, 2.75) is 48.4 Å². The first kappa shape index (κ1) is 25.7. The van der Waals surface area contributed by atoms with Crippen LogP contribution in [0.3, 0.4) is 0 Å². The summed E-state index contributed by atoms with van der Waals surface area (Å²) < 4.78 is 33.8. The van der Waals surface area contributed by atoms with E-state index in [2.05, 4.69) is 20.9 Å². The van der Waals surface area contributed by atoms with E-state index in [1.165, 1.54) is 28.2 Å². The SMILES string of the molecule is CN1CC(CC2SCCCS2)OP1(=O)OCC1OC(n2cc(/C=C/Br)c(=O)[nH]c2=O)CC1O. The second-order valence-corrected chi connectivity index (χ2v) is 13.6. The first-order valence-corrected chi connectivity index (χ1v) is 15.1. The molecule has 0 saturated carbocycles. The van der Waals surface area contributed by atoms with E-state index in [1.54, 1.807) is 11.7 Å². The van der Waals surface area contributed by atoms with Crippen molar-refractivity contribution in [3.05, 3.63) is 37.6 Å². The lowest BCUT2D eigenvalue weighted by Crippen LogP contribution is -2.33. The molecule has 0 aromatic carbocycles. The van der Waals surface area contributed by atoms with Crippen LogP contribution in [0.5, 0.6) is 0 Å². The Morgan fingerprint density at radius 2 is 2.15 bits per heavy atom. The van der Waals surface area contributed by atoms with Gasteiger partial charge in [-0.05, 0) is 42.5 Å². The Labute approximate surface area is 208 Å². The fraction of sp³-hybridized carbons (Fsp3) is 0.684. The zero-order chi connectivity index (χ0) is 23.6. The maximum Gasteiger partial charge on any atom is 0.408 e. The zero-order valence-corrected chi connectivity index (χ0v) is 22.1. The number of aromatic nitrogens is 2. The Hall–Kier alpha value is -0.370. The van der Waals surface area contributed by atoms with Gasteiger partial charge in [-0.2, -0.15) is 0 Å². The van der Waals surface area contributed by atoms with Crippen LogP contribution in [0.25, 0.3) is 6.08 Å². The van der Waals surface area contributed by atoms with Crippen molar-refractivity contribution in [1.82, 2.24) is 14.2 Å². The first-order valence-electron chi connectivity index (χ1n) is 10.6. The van der Waals surface area contributed by atoms with Gasteiger partial charge in [0.1, 0.15) is 12.3 Å². The smallest absolute Gasteiger partial charge is 0.390 e. The highest BCUT2D eigenvalue weighted by molar-refractivity contribution is 9.11. The van der Waals surface area contributed by atoms with Gasteiger partial charge in [0.05, 0.1) is 29.0 Å². The van der Waals surface area contributed by atoms with Crippen molar-refractivity contribution < 1.29 is 23.5 Å². The third kappa shape index (κ3) is 6.07. The Balaban J connectivity index is 1.36. The molecule has 4 heterocycles. The number of H-pyrrole nitrogens is 1. The van der Waals surface area contributed by atoms with Gasteiger partial charge in [-0.1, -0.05) is 15.9 Å². The molecular formula is C19H27BrN3O7PS2. The molecule has 0 radical (unpaired) electrons. The molecule has 3 aliphatic heterocycles. The molecule has 5 atom stereocenters. The van der Waals surface area contributed by atoms with Crippen LogP contribution in [0.15, 0.2) is 20.8 Å². The average molecular weight is 584 g/mol. The molecule has 0 bridgehead atoms. The number of hydrogen-bond donors (Lipinski definition) is 2. The summed E-state index contributed by atoms with van der Waals surface area (Å²) in [7, 11) is -1.79. The molecular weight excluding hydrogens is 557 g/mol. The van der Waals surface area contributed by atoms with E-state index in [0.717, 1.165) is 17.9 Å². The second kappa shape index (κ2) is 11.1. The molecule has 3 fully saturated rings. The molecule has 5 unspecified atom stereocenters. The zero-order valence-electron chi connectivity index (χ0n) is 18.0. The normalized spacial score (nSPS) is 33.9. The fourth-order valence-electron chi connectivity index (χ4n) is 3.94. The summed E-state index contributed by atoms with van der Waals surface area (Å²) >= 11 is 6.93. The molecule has 0 amide bonds. The molecule has 4 rings (SSSR count). The minimum absolute atomic E-state index is 0.122. The van der Waals surface area contributed by atoms with E-state index in [-0.39, 0.29) is 24.7 Å². The molecule has 3 saturated heterocycles. The summed E-state index contributed by atoms with van der Waals surface area (Å²) in [6.45, 7) is 0.368. The molecule has 33 heavy (non-hydrogen) atoms. The van der Waals surface area contributed by atoms with Crippen LogP contribution in [-0.2, 0) is 18.3 Å². The Morgan fingerprint density at radius 3 is 2.88 bits per heavy atom. The van der Waals surface area contributed by atoms with E-state index < -0.39 is 37.4 Å². The molecule has 1 aromatic heterocycles. The van der Waals surface area contributed by atoms with Crippen LogP contribution in [0.1, 0.15) is 31.1 Å². The third-order valence-corrected chi connectivity index (χ3v) is 11.0. The monoisotopic (exact) mass is 583 g/mol. The summed E-state index contributed by atoms with van der Waals surface area (Å²) in [6, 6.07) is 0. The Morgan fingerprint density at radius 1 is 1.39 bits per heavy atom. The molecule has 0 aliphatic carbocycles. The number of rotatable bonds is 7. The van der Waals surface area contributed by atoms with Gasteiger partial charge >= 0.3 is 13.4 Å². The minimum atomic E-state index is -3.50. The topological polar surface area (TPSA) is 123 Å². The van der Waals surface area contributed by atoms with Gasteiger partial charge in [-0.15, -0.1) is 23.5 Å². The molecule has 10 nitrogen and oxygen atoms in total.